The maximum atomic E-state index is 12.5. The van der Waals surface area contributed by atoms with Gasteiger partial charge in [-0.05, 0) is 6.07 Å². The molecular weight excluding hydrogens is 296 g/mol. The number of halogens is 6. The second kappa shape index (κ2) is 4.08. The molecule has 0 atom stereocenters. The van der Waals surface area contributed by atoms with E-state index in [1.807, 2.05) is 0 Å². The summed E-state index contributed by atoms with van der Waals surface area (Å²) in [5.41, 5.74) is -4.08. The topological polar surface area (TPSA) is 71.8 Å². The summed E-state index contributed by atoms with van der Waals surface area (Å²) >= 11 is 0. The van der Waals surface area contributed by atoms with Crippen LogP contribution < -0.4 is 0 Å². The molecule has 0 unspecified atom stereocenters. The van der Waals surface area contributed by atoms with E-state index in [0.29, 0.717) is 6.07 Å². The van der Waals surface area contributed by atoms with E-state index in [9.17, 15) is 36.5 Å². The maximum absolute atomic E-state index is 12.5. The van der Waals surface area contributed by atoms with Gasteiger partial charge in [-0.15, -0.1) is 0 Å². The molecule has 0 bridgehead atoms. The molecule has 0 fully saturated rings. The summed E-state index contributed by atoms with van der Waals surface area (Å²) < 4.78 is 74.8. The van der Waals surface area contributed by atoms with Gasteiger partial charge in [0.1, 0.15) is 0 Å². The molecule has 2 rings (SSSR count). The SMILES string of the molecule is O=[N+]([O-])c1cc(C(F)(F)F)cc2[nH]c(C(F)(F)F)nc12. The van der Waals surface area contributed by atoms with Crippen molar-refractivity contribution in [2.45, 2.75) is 12.4 Å². The molecule has 0 aliphatic rings. The number of imidazole rings is 1. The number of fused-ring (bicyclic) bond motifs is 1. The molecule has 108 valence electrons. The van der Waals surface area contributed by atoms with Gasteiger partial charge in [-0.25, -0.2) is 4.98 Å². The van der Waals surface area contributed by atoms with Crippen molar-refractivity contribution in [1.29, 1.82) is 0 Å². The zero-order valence-electron chi connectivity index (χ0n) is 9.13. The smallest absolute Gasteiger partial charge is 0.334 e. The molecule has 11 heteroatoms. The van der Waals surface area contributed by atoms with Crippen molar-refractivity contribution in [2.75, 3.05) is 0 Å². The second-order valence-corrected chi connectivity index (χ2v) is 3.73. The van der Waals surface area contributed by atoms with Crippen molar-refractivity contribution in [3.8, 4) is 0 Å². The lowest BCUT2D eigenvalue weighted by molar-refractivity contribution is -0.383. The van der Waals surface area contributed by atoms with E-state index in [-0.39, 0.29) is 6.07 Å². The van der Waals surface area contributed by atoms with E-state index in [1.54, 1.807) is 4.98 Å². The van der Waals surface area contributed by atoms with Crippen LogP contribution >= 0.6 is 0 Å². The Morgan fingerprint density at radius 1 is 1.10 bits per heavy atom. The highest BCUT2D eigenvalue weighted by atomic mass is 19.4. The molecule has 1 aromatic heterocycles. The van der Waals surface area contributed by atoms with Crippen molar-refractivity contribution in [2.24, 2.45) is 0 Å². The third kappa shape index (κ3) is 2.38. The quantitative estimate of drug-likeness (QED) is 0.497. The highest BCUT2D eigenvalue weighted by molar-refractivity contribution is 5.85. The van der Waals surface area contributed by atoms with Crippen LogP contribution in [0.5, 0.6) is 0 Å². The number of non-ortho nitro benzene ring substituents is 1. The van der Waals surface area contributed by atoms with Crippen LogP contribution in [0.25, 0.3) is 11.0 Å². The van der Waals surface area contributed by atoms with Gasteiger partial charge in [0, 0.05) is 6.07 Å². The van der Waals surface area contributed by atoms with Crippen LogP contribution in [-0.2, 0) is 12.4 Å². The van der Waals surface area contributed by atoms with Gasteiger partial charge < -0.3 is 4.98 Å². The lowest BCUT2D eigenvalue weighted by atomic mass is 10.1. The molecule has 5 nitrogen and oxygen atoms in total. The van der Waals surface area contributed by atoms with E-state index in [2.05, 4.69) is 4.98 Å². The van der Waals surface area contributed by atoms with Gasteiger partial charge >= 0.3 is 12.4 Å². The van der Waals surface area contributed by atoms with Crippen LogP contribution in [0.1, 0.15) is 11.4 Å². The summed E-state index contributed by atoms with van der Waals surface area (Å²) in [4.78, 5) is 14.0. The zero-order valence-corrected chi connectivity index (χ0v) is 9.13. The zero-order chi connectivity index (χ0) is 15.3. The fourth-order valence-electron chi connectivity index (χ4n) is 1.54. The Hall–Kier alpha value is -2.33. The number of H-pyrrole nitrogens is 1. The van der Waals surface area contributed by atoms with E-state index in [0.717, 1.165) is 0 Å². The van der Waals surface area contributed by atoms with Gasteiger partial charge in [-0.1, -0.05) is 0 Å². The Morgan fingerprint density at radius 2 is 1.70 bits per heavy atom. The van der Waals surface area contributed by atoms with E-state index in [1.165, 1.54) is 0 Å². The minimum atomic E-state index is -4.95. The molecule has 0 aliphatic carbocycles. The van der Waals surface area contributed by atoms with E-state index < -0.39 is 45.4 Å². The first-order valence-electron chi connectivity index (χ1n) is 4.82. The third-order valence-electron chi connectivity index (χ3n) is 2.36. The first-order chi connectivity index (χ1) is 9.00. The van der Waals surface area contributed by atoms with Gasteiger partial charge in [-0.3, -0.25) is 10.1 Å². The molecule has 0 aliphatic heterocycles. The van der Waals surface area contributed by atoms with Crippen LogP contribution in [0, 0.1) is 10.1 Å². The van der Waals surface area contributed by atoms with Gasteiger partial charge in [0.15, 0.2) is 5.52 Å². The molecule has 0 saturated carbocycles. The van der Waals surface area contributed by atoms with Crippen LogP contribution in [0.15, 0.2) is 12.1 Å². The number of aromatic amines is 1. The predicted molar refractivity (Wildman–Crippen MR) is 52.8 cm³/mol. The summed E-state index contributed by atoms with van der Waals surface area (Å²) in [7, 11) is 0. The summed E-state index contributed by atoms with van der Waals surface area (Å²) in [5, 5.41) is 10.7. The molecule has 0 amide bonds. The lowest BCUT2D eigenvalue weighted by Gasteiger charge is -2.05. The Labute approximate surface area is 105 Å². The number of nitro groups is 1. The minimum Gasteiger partial charge on any atom is -0.334 e. The first-order valence-corrected chi connectivity index (χ1v) is 4.82. The largest absolute Gasteiger partial charge is 0.449 e. The maximum Gasteiger partial charge on any atom is 0.449 e. The van der Waals surface area contributed by atoms with Gasteiger partial charge in [0.25, 0.3) is 5.69 Å². The third-order valence-corrected chi connectivity index (χ3v) is 2.36. The number of nitrogens with zero attached hydrogens (tertiary/aromatic N) is 2. The highest BCUT2D eigenvalue weighted by Gasteiger charge is 2.38. The normalized spacial score (nSPS) is 12.9. The first kappa shape index (κ1) is 14.1. The average molecular weight is 299 g/mol. The number of nitro benzene ring substituents is 1. The molecule has 1 aromatic carbocycles. The van der Waals surface area contributed by atoms with Crippen LogP contribution in [-0.4, -0.2) is 14.9 Å². The number of aromatic nitrogens is 2. The van der Waals surface area contributed by atoms with Crippen molar-refractivity contribution in [3.05, 3.63) is 33.6 Å². The molecule has 20 heavy (non-hydrogen) atoms. The number of benzene rings is 1. The summed E-state index contributed by atoms with van der Waals surface area (Å²) in [6.45, 7) is 0. The van der Waals surface area contributed by atoms with E-state index in [4.69, 9.17) is 0 Å². The molecule has 2 aromatic rings. The number of alkyl halides is 6. The predicted octanol–water partition coefficient (Wildman–Crippen LogP) is 3.51. The van der Waals surface area contributed by atoms with E-state index >= 15 is 0 Å². The Bertz CT molecular complexity index is 687. The molecule has 0 spiro atoms. The Kier molecular flexibility index (Phi) is 2.87. The monoisotopic (exact) mass is 299 g/mol. The summed E-state index contributed by atoms with van der Waals surface area (Å²) in [6.07, 6.45) is -9.88. The van der Waals surface area contributed by atoms with Gasteiger partial charge in [0.05, 0.1) is 16.0 Å². The van der Waals surface area contributed by atoms with Crippen molar-refractivity contribution < 1.29 is 31.3 Å². The standard InChI is InChI=1S/C9H3F6N3O2/c10-8(11,12)3-1-4-6(5(2-3)18(19)20)17-7(16-4)9(13,14)15/h1-2H,(H,16,17). The second-order valence-electron chi connectivity index (χ2n) is 3.73. The van der Waals surface area contributed by atoms with Crippen molar-refractivity contribution in [3.63, 3.8) is 0 Å². The average Bonchev–Trinajstić information content (AvgIpc) is 2.68. The minimum absolute atomic E-state index is 0.142. The summed E-state index contributed by atoms with van der Waals surface area (Å²) in [5.74, 6) is -1.60. The number of rotatable bonds is 1. The molecule has 0 radical (unpaired) electrons. The van der Waals surface area contributed by atoms with Crippen molar-refractivity contribution >= 4 is 16.7 Å². The van der Waals surface area contributed by atoms with Gasteiger partial charge in [0.2, 0.25) is 5.82 Å². The fraction of sp³-hybridized carbons (Fsp3) is 0.222. The Morgan fingerprint density at radius 3 is 2.15 bits per heavy atom. The molecule has 1 heterocycles. The highest BCUT2D eigenvalue weighted by Crippen LogP contribution is 2.37. The molecule has 1 N–H and O–H groups in total. The van der Waals surface area contributed by atoms with Crippen LogP contribution in [0.4, 0.5) is 32.0 Å². The summed E-state index contributed by atoms with van der Waals surface area (Å²) in [6, 6.07) is 0.480. The lowest BCUT2D eigenvalue weighted by Crippen LogP contribution is -2.06. The number of hydrogen-bond acceptors (Lipinski definition) is 3. The molecular formula is C9H3F6N3O2. The Balaban J connectivity index is 2.78. The molecule has 0 saturated heterocycles. The van der Waals surface area contributed by atoms with Gasteiger partial charge in [-0.2, -0.15) is 26.3 Å². The number of nitrogens with one attached hydrogen (secondary N) is 1. The van der Waals surface area contributed by atoms with Crippen LogP contribution in [0.3, 0.4) is 0 Å². The van der Waals surface area contributed by atoms with Crippen molar-refractivity contribution in [1.82, 2.24) is 9.97 Å². The van der Waals surface area contributed by atoms with Crippen LogP contribution in [0.2, 0.25) is 0 Å². The fourth-order valence-corrected chi connectivity index (χ4v) is 1.54. The number of hydrogen-bond donors (Lipinski definition) is 1.